The van der Waals surface area contributed by atoms with Crippen LogP contribution in [0.3, 0.4) is 0 Å². The topological polar surface area (TPSA) is 72.7 Å². The minimum Gasteiger partial charge on any atom is -0.355 e. The largest absolute Gasteiger partial charge is 0.355 e. The van der Waals surface area contributed by atoms with Crippen molar-refractivity contribution in [2.24, 2.45) is 0 Å². The minimum absolute atomic E-state index is 0.0328. The van der Waals surface area contributed by atoms with Crippen LogP contribution in [0.2, 0.25) is 5.02 Å². The van der Waals surface area contributed by atoms with Gasteiger partial charge in [0.15, 0.2) is 0 Å². The number of halogens is 1. The summed E-state index contributed by atoms with van der Waals surface area (Å²) in [5, 5.41) is 15.0. The first kappa shape index (κ1) is 17.7. The summed E-state index contributed by atoms with van der Waals surface area (Å²) < 4.78 is 1.58. The van der Waals surface area contributed by atoms with E-state index < -0.39 is 0 Å². The molecule has 27 heavy (non-hydrogen) atoms. The Labute approximate surface area is 162 Å². The summed E-state index contributed by atoms with van der Waals surface area (Å²) >= 11 is 6.00. The van der Waals surface area contributed by atoms with Crippen LogP contribution in [0.25, 0.3) is 5.69 Å². The molecule has 0 saturated heterocycles. The van der Waals surface area contributed by atoms with E-state index in [0.717, 1.165) is 29.1 Å². The first-order chi connectivity index (χ1) is 13.1. The van der Waals surface area contributed by atoms with Crippen LogP contribution in [0.5, 0.6) is 0 Å². The zero-order valence-electron chi connectivity index (χ0n) is 14.8. The van der Waals surface area contributed by atoms with Crippen molar-refractivity contribution in [3.63, 3.8) is 0 Å². The van der Waals surface area contributed by atoms with Gasteiger partial charge in [0.25, 0.3) is 0 Å². The fourth-order valence-corrected chi connectivity index (χ4v) is 3.66. The van der Waals surface area contributed by atoms with Gasteiger partial charge in [0.1, 0.15) is 6.33 Å². The van der Waals surface area contributed by atoms with E-state index in [1.807, 2.05) is 36.4 Å². The number of rotatable bonds is 6. The monoisotopic (exact) mass is 381 g/mol. The molecule has 4 rings (SSSR count). The van der Waals surface area contributed by atoms with E-state index in [-0.39, 0.29) is 11.3 Å². The first-order valence-corrected chi connectivity index (χ1v) is 9.38. The van der Waals surface area contributed by atoms with Gasteiger partial charge in [-0.2, -0.15) is 0 Å². The third-order valence-corrected chi connectivity index (χ3v) is 5.56. The molecule has 1 aromatic heterocycles. The third kappa shape index (κ3) is 3.85. The molecule has 1 fully saturated rings. The van der Waals surface area contributed by atoms with Gasteiger partial charge in [-0.05, 0) is 58.7 Å². The smallest absolute Gasteiger partial charge is 0.224 e. The van der Waals surface area contributed by atoms with Crippen molar-refractivity contribution in [2.45, 2.75) is 31.1 Å². The summed E-state index contributed by atoms with van der Waals surface area (Å²) in [6.45, 7) is 0.663. The number of carbonyl (C=O) groups is 1. The standard InChI is InChI=1S/C20H20ClN5O/c21-17-6-4-16(5-7-17)20(10-1-11-20)13-22-19(27)12-15-2-8-18(9-3-15)26-14-23-24-25-26/h2-9,14H,1,10-13H2,(H,22,27). The summed E-state index contributed by atoms with van der Waals surface area (Å²) in [6, 6.07) is 15.6. The molecule has 3 aromatic rings. The molecule has 6 nitrogen and oxygen atoms in total. The molecule has 0 bridgehead atoms. The van der Waals surface area contributed by atoms with Crippen LogP contribution < -0.4 is 5.32 Å². The molecule has 1 aliphatic carbocycles. The van der Waals surface area contributed by atoms with E-state index in [9.17, 15) is 4.79 Å². The van der Waals surface area contributed by atoms with Crippen molar-refractivity contribution in [1.29, 1.82) is 0 Å². The molecule has 7 heteroatoms. The van der Waals surface area contributed by atoms with E-state index >= 15 is 0 Å². The van der Waals surface area contributed by atoms with Crippen LogP contribution in [0.4, 0.5) is 0 Å². The highest BCUT2D eigenvalue weighted by molar-refractivity contribution is 6.30. The minimum atomic E-state index is 0.0328. The summed E-state index contributed by atoms with van der Waals surface area (Å²) in [6.07, 6.45) is 5.27. The molecule has 1 aliphatic rings. The summed E-state index contributed by atoms with van der Waals surface area (Å²) in [5.41, 5.74) is 3.12. The fraction of sp³-hybridized carbons (Fsp3) is 0.300. The Bertz CT molecular complexity index is 903. The molecule has 1 heterocycles. The Morgan fingerprint density at radius 1 is 1.11 bits per heavy atom. The Morgan fingerprint density at radius 3 is 2.44 bits per heavy atom. The second kappa shape index (κ2) is 7.48. The molecule has 1 saturated carbocycles. The molecule has 1 N–H and O–H groups in total. The first-order valence-electron chi connectivity index (χ1n) is 9.00. The van der Waals surface area contributed by atoms with Crippen molar-refractivity contribution in [3.8, 4) is 5.69 Å². The van der Waals surface area contributed by atoms with Crippen molar-refractivity contribution in [1.82, 2.24) is 25.5 Å². The maximum Gasteiger partial charge on any atom is 0.224 e. The summed E-state index contributed by atoms with van der Waals surface area (Å²) in [5.74, 6) is 0.0328. The van der Waals surface area contributed by atoms with Crippen LogP contribution in [0.15, 0.2) is 54.9 Å². The number of nitrogens with zero attached hydrogens (tertiary/aromatic N) is 4. The highest BCUT2D eigenvalue weighted by Gasteiger charge is 2.38. The lowest BCUT2D eigenvalue weighted by atomic mass is 9.64. The zero-order valence-corrected chi connectivity index (χ0v) is 15.6. The van der Waals surface area contributed by atoms with Crippen LogP contribution >= 0.6 is 11.6 Å². The molecular formula is C20H20ClN5O. The molecule has 2 aromatic carbocycles. The number of tetrazole rings is 1. The molecule has 0 spiro atoms. The van der Waals surface area contributed by atoms with Gasteiger partial charge in [0.2, 0.25) is 5.91 Å². The zero-order chi connectivity index (χ0) is 18.7. The van der Waals surface area contributed by atoms with E-state index in [2.05, 4.69) is 33.0 Å². The van der Waals surface area contributed by atoms with E-state index in [4.69, 9.17) is 11.6 Å². The molecule has 0 radical (unpaired) electrons. The maximum atomic E-state index is 12.4. The second-order valence-corrected chi connectivity index (χ2v) is 7.45. The Morgan fingerprint density at radius 2 is 1.85 bits per heavy atom. The van der Waals surface area contributed by atoms with E-state index in [0.29, 0.717) is 13.0 Å². The number of nitrogens with one attached hydrogen (secondary N) is 1. The van der Waals surface area contributed by atoms with Crippen LogP contribution in [0.1, 0.15) is 30.4 Å². The van der Waals surface area contributed by atoms with E-state index in [1.54, 1.807) is 4.68 Å². The Kier molecular flexibility index (Phi) is 4.90. The predicted molar refractivity (Wildman–Crippen MR) is 103 cm³/mol. The van der Waals surface area contributed by atoms with Crippen LogP contribution in [-0.2, 0) is 16.6 Å². The van der Waals surface area contributed by atoms with E-state index in [1.165, 1.54) is 18.3 Å². The number of benzene rings is 2. The van der Waals surface area contributed by atoms with Gasteiger partial charge >= 0.3 is 0 Å². The second-order valence-electron chi connectivity index (χ2n) is 7.02. The van der Waals surface area contributed by atoms with Gasteiger partial charge in [-0.1, -0.05) is 42.3 Å². The number of amides is 1. The lowest BCUT2D eigenvalue weighted by Crippen LogP contribution is -2.45. The van der Waals surface area contributed by atoms with Crippen molar-refractivity contribution >= 4 is 17.5 Å². The SMILES string of the molecule is O=C(Cc1ccc(-n2cnnn2)cc1)NCC1(c2ccc(Cl)cc2)CCC1. The Hall–Kier alpha value is -2.73. The molecule has 0 aliphatic heterocycles. The van der Waals surface area contributed by atoms with Gasteiger partial charge in [-0.15, -0.1) is 5.10 Å². The molecule has 1 amide bonds. The number of carbonyl (C=O) groups excluding carboxylic acids is 1. The average Bonchev–Trinajstić information content (AvgIpc) is 3.17. The predicted octanol–water partition coefficient (Wildman–Crippen LogP) is 3.10. The molecule has 0 unspecified atom stereocenters. The van der Waals surface area contributed by atoms with Gasteiger partial charge in [-0.25, -0.2) is 4.68 Å². The van der Waals surface area contributed by atoms with Crippen molar-refractivity contribution in [2.75, 3.05) is 6.54 Å². The fourth-order valence-electron chi connectivity index (χ4n) is 3.54. The van der Waals surface area contributed by atoms with Crippen LogP contribution in [0, 0.1) is 0 Å². The van der Waals surface area contributed by atoms with Gasteiger partial charge < -0.3 is 5.32 Å². The summed E-state index contributed by atoms with van der Waals surface area (Å²) in [4.78, 5) is 12.4. The quantitative estimate of drug-likeness (QED) is 0.712. The number of aromatic nitrogens is 4. The number of hydrogen-bond acceptors (Lipinski definition) is 4. The lowest BCUT2D eigenvalue weighted by molar-refractivity contribution is -0.120. The molecule has 138 valence electrons. The Balaban J connectivity index is 1.36. The van der Waals surface area contributed by atoms with Gasteiger partial charge in [0.05, 0.1) is 12.1 Å². The van der Waals surface area contributed by atoms with Crippen molar-refractivity contribution in [3.05, 3.63) is 71.0 Å². The highest BCUT2D eigenvalue weighted by atomic mass is 35.5. The van der Waals surface area contributed by atoms with Crippen LogP contribution in [-0.4, -0.2) is 32.7 Å². The van der Waals surface area contributed by atoms with Crippen molar-refractivity contribution < 1.29 is 4.79 Å². The maximum absolute atomic E-state index is 12.4. The normalized spacial score (nSPS) is 15.1. The molecule has 0 atom stereocenters. The molecular weight excluding hydrogens is 362 g/mol. The lowest BCUT2D eigenvalue weighted by Gasteiger charge is -2.42. The highest BCUT2D eigenvalue weighted by Crippen LogP contribution is 2.43. The number of hydrogen-bond donors (Lipinski definition) is 1. The average molecular weight is 382 g/mol. The third-order valence-electron chi connectivity index (χ3n) is 5.31. The summed E-state index contributed by atoms with van der Waals surface area (Å²) in [7, 11) is 0. The van der Waals surface area contributed by atoms with Gasteiger partial charge in [-0.3, -0.25) is 4.79 Å². The van der Waals surface area contributed by atoms with Gasteiger partial charge in [0, 0.05) is 17.0 Å².